The van der Waals surface area contributed by atoms with Crippen molar-refractivity contribution in [2.75, 3.05) is 0 Å². The van der Waals surface area contributed by atoms with E-state index in [4.69, 9.17) is 0 Å². The molecule has 1 heteroatoms. The van der Waals surface area contributed by atoms with Crippen LogP contribution in [0, 0.1) is 11.8 Å². The van der Waals surface area contributed by atoms with Gasteiger partial charge in [0.25, 0.3) is 0 Å². The molecule has 2 rings (SSSR count). The van der Waals surface area contributed by atoms with Crippen molar-refractivity contribution in [2.45, 2.75) is 32.6 Å². The fraction of sp³-hybridized carbons (Fsp3) is 0.700. The van der Waals surface area contributed by atoms with E-state index in [0.717, 1.165) is 12.8 Å². The average molecular weight is 150 g/mol. The van der Waals surface area contributed by atoms with Crippen LogP contribution >= 0.6 is 0 Å². The molecule has 0 aliphatic heterocycles. The lowest BCUT2D eigenvalue weighted by Crippen LogP contribution is -2.25. The minimum absolute atomic E-state index is 0.481. The Morgan fingerprint density at radius 1 is 1.36 bits per heavy atom. The fourth-order valence-electron chi connectivity index (χ4n) is 2.50. The highest BCUT2D eigenvalue weighted by Gasteiger charge is 2.29. The highest BCUT2D eigenvalue weighted by molar-refractivity contribution is 5.80. The van der Waals surface area contributed by atoms with Gasteiger partial charge in [0.1, 0.15) is 5.78 Å². The quantitative estimate of drug-likeness (QED) is 0.484. The molecule has 2 unspecified atom stereocenters. The fourth-order valence-corrected chi connectivity index (χ4v) is 2.50. The summed E-state index contributed by atoms with van der Waals surface area (Å²) < 4.78 is 0. The van der Waals surface area contributed by atoms with Crippen molar-refractivity contribution in [2.24, 2.45) is 11.8 Å². The summed E-state index contributed by atoms with van der Waals surface area (Å²) in [5.74, 6) is 1.76. The van der Waals surface area contributed by atoms with E-state index in [-0.39, 0.29) is 0 Å². The molecule has 2 aliphatic rings. The van der Waals surface area contributed by atoms with Gasteiger partial charge in [-0.1, -0.05) is 11.6 Å². The number of carbonyl (C=O) groups excluding carboxylic acids is 1. The maximum absolute atomic E-state index is 11.2. The number of hydrogen-bond acceptors (Lipinski definition) is 1. The Balaban J connectivity index is 2.19. The molecule has 0 radical (unpaired) electrons. The molecule has 0 heterocycles. The van der Waals surface area contributed by atoms with Gasteiger partial charge in [-0.15, -0.1) is 0 Å². The first kappa shape index (κ1) is 7.08. The Bertz CT molecular complexity index is 215. The zero-order chi connectivity index (χ0) is 7.84. The van der Waals surface area contributed by atoms with E-state index >= 15 is 0 Å². The minimum atomic E-state index is 0.481. The molecule has 0 aromatic heterocycles. The molecular weight excluding hydrogens is 136 g/mol. The Hall–Kier alpha value is -0.590. The zero-order valence-corrected chi connectivity index (χ0v) is 6.97. The van der Waals surface area contributed by atoms with E-state index in [1.54, 1.807) is 0 Å². The monoisotopic (exact) mass is 150 g/mol. The Labute approximate surface area is 67.5 Å². The number of allylic oxidation sites excluding steroid dienone is 2. The number of Topliss-reactive ketones (excluding diaryl/α,β-unsaturated/α-hetero) is 1. The number of fused-ring (bicyclic) bond motifs is 2. The van der Waals surface area contributed by atoms with Gasteiger partial charge in [0, 0.05) is 12.8 Å². The summed E-state index contributed by atoms with van der Waals surface area (Å²) in [6, 6.07) is 0. The van der Waals surface area contributed by atoms with Crippen molar-refractivity contribution in [3.8, 4) is 0 Å². The van der Waals surface area contributed by atoms with Crippen LogP contribution in [0.2, 0.25) is 0 Å². The summed E-state index contributed by atoms with van der Waals surface area (Å²) in [6.07, 6.45) is 6.40. The van der Waals surface area contributed by atoms with Gasteiger partial charge in [-0.2, -0.15) is 0 Å². The number of ketones is 1. The van der Waals surface area contributed by atoms with Gasteiger partial charge >= 0.3 is 0 Å². The number of hydrogen-bond donors (Lipinski definition) is 0. The van der Waals surface area contributed by atoms with Crippen LogP contribution in [0.25, 0.3) is 0 Å². The third-order valence-electron chi connectivity index (χ3n) is 2.77. The lowest BCUT2D eigenvalue weighted by Gasteiger charge is -2.31. The molecule has 11 heavy (non-hydrogen) atoms. The van der Waals surface area contributed by atoms with Gasteiger partial charge < -0.3 is 0 Å². The summed E-state index contributed by atoms with van der Waals surface area (Å²) >= 11 is 0. The van der Waals surface area contributed by atoms with Crippen LogP contribution in [-0.2, 0) is 4.79 Å². The van der Waals surface area contributed by atoms with Gasteiger partial charge in [0.15, 0.2) is 0 Å². The summed E-state index contributed by atoms with van der Waals surface area (Å²) in [4.78, 5) is 11.2. The van der Waals surface area contributed by atoms with Crippen LogP contribution in [0.4, 0.5) is 0 Å². The summed E-state index contributed by atoms with van der Waals surface area (Å²) in [6.45, 7) is 2.19. The van der Waals surface area contributed by atoms with Crippen LogP contribution < -0.4 is 0 Å². The molecule has 1 nitrogen and oxygen atoms in total. The van der Waals surface area contributed by atoms with Crippen LogP contribution in [0.5, 0.6) is 0 Å². The predicted octanol–water partition coefficient (Wildman–Crippen LogP) is 2.32. The molecule has 60 valence electrons. The van der Waals surface area contributed by atoms with Crippen molar-refractivity contribution >= 4 is 5.78 Å². The van der Waals surface area contributed by atoms with Crippen molar-refractivity contribution in [3.05, 3.63) is 11.6 Å². The highest BCUT2D eigenvalue weighted by atomic mass is 16.1. The highest BCUT2D eigenvalue weighted by Crippen LogP contribution is 2.36. The molecule has 0 amide bonds. The molecule has 0 aromatic carbocycles. The number of rotatable bonds is 0. The van der Waals surface area contributed by atoms with Crippen LogP contribution in [-0.4, -0.2) is 5.78 Å². The summed E-state index contributed by atoms with van der Waals surface area (Å²) in [5, 5.41) is 0. The smallest absolute Gasteiger partial charge is 0.133 e. The SMILES string of the molecule is CC1=CC2CC(=O)CC(C1)C2. The van der Waals surface area contributed by atoms with Crippen molar-refractivity contribution < 1.29 is 4.79 Å². The third kappa shape index (κ3) is 1.37. The lowest BCUT2D eigenvalue weighted by molar-refractivity contribution is -0.122. The maximum atomic E-state index is 11.2. The molecule has 1 fully saturated rings. The Morgan fingerprint density at radius 2 is 2.18 bits per heavy atom. The van der Waals surface area contributed by atoms with E-state index in [9.17, 15) is 4.79 Å². The molecule has 1 saturated carbocycles. The van der Waals surface area contributed by atoms with Crippen LogP contribution in [0.1, 0.15) is 32.6 Å². The second-order valence-corrected chi connectivity index (χ2v) is 4.03. The first-order valence-corrected chi connectivity index (χ1v) is 4.43. The largest absolute Gasteiger partial charge is 0.300 e. The standard InChI is InChI=1S/C10H14O/c1-7-2-8-4-9(3-7)6-10(11)5-8/h2,8-9H,3-6H2,1H3. The van der Waals surface area contributed by atoms with E-state index in [1.165, 1.54) is 18.4 Å². The van der Waals surface area contributed by atoms with E-state index < -0.39 is 0 Å². The maximum Gasteiger partial charge on any atom is 0.133 e. The average Bonchev–Trinajstić information content (AvgIpc) is 1.82. The first-order valence-electron chi connectivity index (χ1n) is 4.43. The van der Waals surface area contributed by atoms with Crippen molar-refractivity contribution in [1.29, 1.82) is 0 Å². The van der Waals surface area contributed by atoms with Gasteiger partial charge in [0.05, 0.1) is 0 Å². The molecule has 2 aliphatic carbocycles. The first-order chi connectivity index (χ1) is 5.24. The lowest BCUT2D eigenvalue weighted by atomic mass is 9.73. The van der Waals surface area contributed by atoms with E-state index in [2.05, 4.69) is 13.0 Å². The second kappa shape index (κ2) is 2.47. The third-order valence-corrected chi connectivity index (χ3v) is 2.77. The molecule has 0 saturated heterocycles. The normalized spacial score (nSPS) is 36.8. The molecule has 0 aromatic rings. The summed E-state index contributed by atoms with van der Waals surface area (Å²) in [7, 11) is 0. The Morgan fingerprint density at radius 3 is 2.91 bits per heavy atom. The van der Waals surface area contributed by atoms with Gasteiger partial charge in [-0.25, -0.2) is 0 Å². The van der Waals surface area contributed by atoms with Crippen LogP contribution in [0.15, 0.2) is 11.6 Å². The molecule has 0 spiro atoms. The molecule has 2 bridgehead atoms. The topological polar surface area (TPSA) is 17.1 Å². The van der Waals surface area contributed by atoms with E-state index in [0.29, 0.717) is 17.6 Å². The zero-order valence-electron chi connectivity index (χ0n) is 6.97. The van der Waals surface area contributed by atoms with E-state index in [1.807, 2.05) is 0 Å². The molecule has 2 atom stereocenters. The van der Waals surface area contributed by atoms with Gasteiger partial charge in [-0.05, 0) is 31.6 Å². The van der Waals surface area contributed by atoms with Gasteiger partial charge in [0.2, 0.25) is 0 Å². The van der Waals surface area contributed by atoms with Crippen molar-refractivity contribution in [1.82, 2.24) is 0 Å². The summed E-state index contributed by atoms with van der Waals surface area (Å²) in [5.41, 5.74) is 1.50. The molecule has 0 N–H and O–H groups in total. The Kier molecular flexibility index (Phi) is 1.59. The number of carbonyl (C=O) groups is 1. The second-order valence-electron chi connectivity index (χ2n) is 4.03. The molecular formula is C10H14O. The van der Waals surface area contributed by atoms with Gasteiger partial charge in [-0.3, -0.25) is 4.79 Å². The predicted molar refractivity (Wildman–Crippen MR) is 44.2 cm³/mol. The minimum Gasteiger partial charge on any atom is -0.300 e. The van der Waals surface area contributed by atoms with Crippen LogP contribution in [0.3, 0.4) is 0 Å². The van der Waals surface area contributed by atoms with Crippen molar-refractivity contribution in [3.63, 3.8) is 0 Å².